The van der Waals surface area contributed by atoms with Gasteiger partial charge in [-0.1, -0.05) is 33.1 Å². The van der Waals surface area contributed by atoms with Crippen LogP contribution >= 0.6 is 0 Å². The maximum atomic E-state index is 7.94. The second-order valence-corrected chi connectivity index (χ2v) is 4.14. The molecule has 23 heavy (non-hydrogen) atoms. The van der Waals surface area contributed by atoms with Gasteiger partial charge in [0, 0.05) is 0 Å². The van der Waals surface area contributed by atoms with Crippen molar-refractivity contribution < 1.29 is 39.1 Å². The first-order chi connectivity index (χ1) is 11.3. The smallest absolute Gasteiger partial charge is 0.288 e. The quantitative estimate of drug-likeness (QED) is 0.520. The standard InChI is InChI=1S/C7H7.C6H4.C6H13.2Co.2O/c1-7-5-3-2-4-6-7;1-2-4-6-5-3-1;1-3-5-6-4-2;;;;/h3-6H,1H3;1-2,5-6H;1,3-6H2,2H3;;;;/q-1;-2;-1;;;;. The fourth-order valence-electron chi connectivity index (χ4n) is 1.20. The Morgan fingerprint density at radius 1 is 0.826 bits per heavy atom. The minimum absolute atomic E-state index is 1.10. The summed E-state index contributed by atoms with van der Waals surface area (Å²) in [5, 5.41) is 0. The largest absolute Gasteiger partial charge is 0.319 e. The summed E-state index contributed by atoms with van der Waals surface area (Å²) < 4.78 is 15.9. The first kappa shape index (κ1) is 26.9. The molecule has 2 rings (SSSR count). The molecule has 0 unspecified atom stereocenters. The van der Waals surface area contributed by atoms with Gasteiger partial charge in [0.2, 0.25) is 0 Å². The molecule has 0 aromatic heterocycles. The number of hydrogen-bond acceptors (Lipinski definition) is 2. The third-order valence-corrected chi connectivity index (χ3v) is 2.29. The van der Waals surface area contributed by atoms with Crippen LogP contribution < -0.4 is 0 Å². The molecule has 0 aliphatic carbocycles. The molecule has 0 heterocycles. The summed E-state index contributed by atoms with van der Waals surface area (Å²) in [4.78, 5) is 0. The van der Waals surface area contributed by atoms with Crippen molar-refractivity contribution in [2.24, 2.45) is 0 Å². The molecular formula is C19H24Co2O2-4. The zero-order valence-corrected chi connectivity index (χ0v) is 15.7. The van der Waals surface area contributed by atoms with Crippen molar-refractivity contribution in [3.05, 3.63) is 79.2 Å². The van der Waals surface area contributed by atoms with E-state index in [9.17, 15) is 0 Å². The number of rotatable bonds is 3. The predicted molar refractivity (Wildman–Crippen MR) is 85.0 cm³/mol. The monoisotopic (exact) mass is 402 g/mol. The fourth-order valence-corrected chi connectivity index (χ4v) is 1.20. The van der Waals surface area contributed by atoms with Crippen LogP contribution in [0.15, 0.2) is 48.5 Å². The maximum Gasteiger partial charge on any atom is -0.288 e. The van der Waals surface area contributed by atoms with Gasteiger partial charge in [-0.05, 0) is 0 Å². The van der Waals surface area contributed by atoms with Gasteiger partial charge < -0.3 is 19.1 Å². The molecule has 0 spiro atoms. The van der Waals surface area contributed by atoms with Crippen LogP contribution in [0.25, 0.3) is 0 Å². The van der Waals surface area contributed by atoms with Crippen molar-refractivity contribution in [2.45, 2.75) is 39.5 Å². The van der Waals surface area contributed by atoms with Crippen LogP contribution in [0, 0.1) is 32.0 Å². The third-order valence-electron chi connectivity index (χ3n) is 2.29. The van der Waals surface area contributed by atoms with Crippen LogP contribution in [0.5, 0.6) is 0 Å². The van der Waals surface area contributed by atoms with Crippen LogP contribution in [0.1, 0.15) is 38.2 Å². The molecule has 2 aromatic carbocycles. The van der Waals surface area contributed by atoms with Crippen molar-refractivity contribution in [3.63, 3.8) is 0 Å². The predicted octanol–water partition coefficient (Wildman–Crippen LogP) is 5.24. The Balaban J connectivity index is -0.000000236. The Morgan fingerprint density at radius 2 is 1.22 bits per heavy atom. The Labute approximate surface area is 157 Å². The van der Waals surface area contributed by atoms with E-state index in [-0.39, 0.29) is 0 Å². The first-order valence-corrected chi connectivity index (χ1v) is 7.97. The average molecular weight is 402 g/mol. The first-order valence-electron chi connectivity index (χ1n) is 7.12. The summed E-state index contributed by atoms with van der Waals surface area (Å²) in [6, 6.07) is 23.8. The van der Waals surface area contributed by atoms with Gasteiger partial charge in [0.1, 0.15) is 0 Å². The van der Waals surface area contributed by atoms with Gasteiger partial charge in [-0.3, -0.25) is 24.3 Å². The van der Waals surface area contributed by atoms with E-state index in [1.54, 1.807) is 0 Å². The molecule has 0 atom stereocenters. The van der Waals surface area contributed by atoms with E-state index in [0.717, 1.165) is 6.42 Å². The van der Waals surface area contributed by atoms with Crippen molar-refractivity contribution >= 4 is 0 Å². The van der Waals surface area contributed by atoms with Gasteiger partial charge in [0.25, 0.3) is 0 Å². The molecule has 0 saturated heterocycles. The fraction of sp³-hybridized carbons (Fsp3) is 0.316. The van der Waals surface area contributed by atoms with E-state index in [4.69, 9.17) is 7.73 Å². The average Bonchev–Trinajstić information content (AvgIpc) is 2.66. The Kier molecular flexibility index (Phi) is 34.1. The number of aryl methyl sites for hydroxylation is 1. The zero-order chi connectivity index (χ0) is 18.2. The van der Waals surface area contributed by atoms with Gasteiger partial charge in [0.15, 0.2) is 0 Å². The van der Waals surface area contributed by atoms with Gasteiger partial charge in [-0.25, -0.2) is 0 Å². The van der Waals surface area contributed by atoms with Gasteiger partial charge in [0.05, 0.1) is 0 Å². The number of hydrogen-bond donors (Lipinski definition) is 0. The molecule has 0 aliphatic heterocycles. The molecule has 4 heteroatoms. The molecule has 0 fully saturated rings. The molecular weight excluding hydrogens is 378 g/mol. The third kappa shape index (κ3) is 29.7. The summed E-state index contributed by atoms with van der Waals surface area (Å²) in [5.74, 6) is 0. The van der Waals surface area contributed by atoms with E-state index in [1.165, 1.54) is 24.8 Å². The minimum Gasteiger partial charge on any atom is -0.319 e. The minimum atomic E-state index is 1.10. The SMILES string of the molecule is Cc1cc[c-]cc1.[CH2-]CCCCC.[O]=[Co].[O]=[Co].[c-]1cc[c-]cc1. The van der Waals surface area contributed by atoms with Crippen molar-refractivity contribution in [2.75, 3.05) is 0 Å². The van der Waals surface area contributed by atoms with E-state index in [0.29, 0.717) is 0 Å². The molecule has 0 saturated carbocycles. The second kappa shape index (κ2) is 29.1. The van der Waals surface area contributed by atoms with Crippen LogP contribution in [-0.2, 0) is 39.1 Å². The molecule has 0 amide bonds. The van der Waals surface area contributed by atoms with Crippen LogP contribution in [0.3, 0.4) is 0 Å². The maximum absolute atomic E-state index is 7.94. The van der Waals surface area contributed by atoms with Crippen LogP contribution in [0.2, 0.25) is 0 Å². The van der Waals surface area contributed by atoms with Crippen molar-refractivity contribution in [1.29, 1.82) is 0 Å². The van der Waals surface area contributed by atoms with Crippen molar-refractivity contribution in [1.82, 2.24) is 0 Å². The molecule has 0 bridgehead atoms. The number of benzene rings is 2. The molecule has 2 nitrogen and oxygen atoms in total. The second-order valence-electron chi connectivity index (χ2n) is 4.14. The molecule has 0 N–H and O–H groups in total. The van der Waals surface area contributed by atoms with Gasteiger partial charge in [-0.2, -0.15) is 42.3 Å². The molecule has 0 aliphatic rings. The number of unbranched alkanes of at least 4 members (excludes halogenated alkanes) is 3. The summed E-state index contributed by atoms with van der Waals surface area (Å²) in [5.41, 5.74) is 1.29. The Bertz CT molecular complexity index is 364. The Hall–Kier alpha value is -0.947. The van der Waals surface area contributed by atoms with Crippen LogP contribution in [0.4, 0.5) is 0 Å². The van der Waals surface area contributed by atoms with E-state index >= 15 is 0 Å². The topological polar surface area (TPSA) is 34.1 Å². The summed E-state index contributed by atoms with van der Waals surface area (Å²) in [7, 11) is 0. The summed E-state index contributed by atoms with van der Waals surface area (Å²) in [6.45, 7) is 7.99. The molecule has 134 valence electrons. The van der Waals surface area contributed by atoms with Gasteiger partial charge in [-0.15, -0.1) is 0 Å². The summed E-state index contributed by atoms with van der Waals surface area (Å²) >= 11 is 4.62. The summed E-state index contributed by atoms with van der Waals surface area (Å²) in [6.07, 6.45) is 5.07. The van der Waals surface area contributed by atoms with Gasteiger partial charge >= 0.3 is 39.1 Å². The van der Waals surface area contributed by atoms with Crippen molar-refractivity contribution in [3.8, 4) is 0 Å². The van der Waals surface area contributed by atoms with Crippen LogP contribution in [-0.4, -0.2) is 0 Å². The molecule has 2 aromatic rings. The normalized spacial score (nSPS) is 7.52. The zero-order valence-electron chi connectivity index (χ0n) is 13.6. The van der Waals surface area contributed by atoms with E-state index < -0.39 is 0 Å². The Morgan fingerprint density at radius 3 is 1.39 bits per heavy atom. The molecule has 0 radical (unpaired) electrons. The van der Waals surface area contributed by atoms with E-state index in [2.05, 4.69) is 70.3 Å². The van der Waals surface area contributed by atoms with E-state index in [1.807, 2.05) is 48.5 Å².